The molecule has 0 saturated heterocycles. The summed E-state index contributed by atoms with van der Waals surface area (Å²) in [6.45, 7) is 0.412. The van der Waals surface area contributed by atoms with Crippen LogP contribution in [0.15, 0.2) is 40.1 Å². The van der Waals surface area contributed by atoms with E-state index in [2.05, 4.69) is 20.3 Å². The first kappa shape index (κ1) is 13.8. The number of carbonyl (C=O) groups is 1. The number of hydrogen-bond donors (Lipinski definition) is 3. The number of para-hydroxylation sites is 1. The van der Waals surface area contributed by atoms with E-state index in [1.807, 2.05) is 30.3 Å². The molecule has 0 spiro atoms. The van der Waals surface area contributed by atoms with Crippen molar-refractivity contribution in [1.29, 1.82) is 0 Å². The standard InChI is InChI=1S/C14H14N6O2/c15-14-18-12-11(13(22)19-14)20(8-21)10(7-17-12)6-16-9-4-2-1-3-5-9/h1-5,7-8,10,16H,6H2,(H3,15,18,19,22)/t10-/m1/s1. The van der Waals surface area contributed by atoms with Crippen LogP contribution in [0.3, 0.4) is 0 Å². The Morgan fingerprint density at radius 2 is 2.14 bits per heavy atom. The van der Waals surface area contributed by atoms with Crippen LogP contribution in [0.25, 0.3) is 0 Å². The van der Waals surface area contributed by atoms with E-state index in [0.29, 0.717) is 13.0 Å². The molecule has 1 aromatic heterocycles. The second kappa shape index (κ2) is 5.68. The number of nitrogens with two attached hydrogens (primary N) is 1. The fraction of sp³-hybridized carbons (Fsp3) is 0.143. The van der Waals surface area contributed by atoms with Crippen LogP contribution in [-0.4, -0.2) is 35.2 Å². The summed E-state index contributed by atoms with van der Waals surface area (Å²) in [6.07, 6.45) is 2.16. The highest BCUT2D eigenvalue weighted by Crippen LogP contribution is 2.26. The van der Waals surface area contributed by atoms with Gasteiger partial charge in [0.2, 0.25) is 12.4 Å². The van der Waals surface area contributed by atoms with Crippen LogP contribution in [0, 0.1) is 0 Å². The topological polar surface area (TPSA) is 116 Å². The maximum atomic E-state index is 12.0. The molecule has 1 aromatic carbocycles. The number of fused-ring (bicyclic) bond motifs is 1. The highest BCUT2D eigenvalue weighted by Gasteiger charge is 2.27. The number of rotatable bonds is 4. The van der Waals surface area contributed by atoms with Crippen molar-refractivity contribution in [3.8, 4) is 0 Å². The minimum absolute atomic E-state index is 0.0346. The van der Waals surface area contributed by atoms with Gasteiger partial charge in [-0.25, -0.2) is 4.99 Å². The zero-order valence-electron chi connectivity index (χ0n) is 11.6. The van der Waals surface area contributed by atoms with Crippen LogP contribution in [-0.2, 0) is 4.79 Å². The lowest BCUT2D eigenvalue weighted by molar-refractivity contribution is -0.107. The largest absolute Gasteiger partial charge is 0.383 e. The maximum absolute atomic E-state index is 12.0. The lowest BCUT2D eigenvalue weighted by Gasteiger charge is -2.28. The quantitative estimate of drug-likeness (QED) is 0.711. The summed E-state index contributed by atoms with van der Waals surface area (Å²) in [5.41, 5.74) is 6.01. The Hall–Kier alpha value is -3.16. The first-order chi connectivity index (χ1) is 10.7. The summed E-state index contributed by atoms with van der Waals surface area (Å²) in [7, 11) is 0. The third-order valence-electron chi connectivity index (χ3n) is 3.28. The first-order valence-corrected chi connectivity index (χ1v) is 6.65. The molecule has 22 heavy (non-hydrogen) atoms. The van der Waals surface area contributed by atoms with Crippen molar-refractivity contribution < 1.29 is 4.79 Å². The summed E-state index contributed by atoms with van der Waals surface area (Å²) in [6, 6.07) is 9.15. The zero-order valence-corrected chi connectivity index (χ0v) is 11.6. The van der Waals surface area contributed by atoms with Crippen LogP contribution in [0.1, 0.15) is 0 Å². The van der Waals surface area contributed by atoms with Gasteiger partial charge in [-0.2, -0.15) is 4.98 Å². The number of hydrogen-bond acceptors (Lipinski definition) is 6. The molecule has 0 aliphatic carbocycles. The minimum atomic E-state index is -0.490. The molecular formula is C14H14N6O2. The van der Waals surface area contributed by atoms with Crippen LogP contribution in [0.5, 0.6) is 0 Å². The van der Waals surface area contributed by atoms with Crippen molar-refractivity contribution in [3.05, 3.63) is 40.7 Å². The lowest BCUT2D eigenvalue weighted by atomic mass is 10.2. The number of carbonyl (C=O) groups excluding carboxylic acids is 1. The van der Waals surface area contributed by atoms with E-state index in [-0.39, 0.29) is 17.5 Å². The Kier molecular flexibility index (Phi) is 3.57. The van der Waals surface area contributed by atoms with Crippen molar-refractivity contribution in [3.63, 3.8) is 0 Å². The van der Waals surface area contributed by atoms with Gasteiger partial charge < -0.3 is 11.1 Å². The molecule has 0 fully saturated rings. The molecule has 0 saturated carbocycles. The Morgan fingerprint density at radius 1 is 1.36 bits per heavy atom. The summed E-state index contributed by atoms with van der Waals surface area (Å²) < 4.78 is 0. The number of aromatic amines is 1. The van der Waals surface area contributed by atoms with Gasteiger partial charge in [0.1, 0.15) is 0 Å². The monoisotopic (exact) mass is 298 g/mol. The number of nitrogens with zero attached hydrogens (tertiary/aromatic N) is 3. The molecule has 1 amide bonds. The molecule has 0 bridgehead atoms. The van der Waals surface area contributed by atoms with E-state index >= 15 is 0 Å². The predicted octanol–water partition coefficient (Wildman–Crippen LogP) is 0.511. The van der Waals surface area contributed by atoms with Gasteiger partial charge in [0, 0.05) is 18.4 Å². The fourth-order valence-electron chi connectivity index (χ4n) is 2.25. The number of nitrogens with one attached hydrogen (secondary N) is 2. The predicted molar refractivity (Wildman–Crippen MR) is 84.7 cm³/mol. The first-order valence-electron chi connectivity index (χ1n) is 6.65. The molecule has 8 nitrogen and oxygen atoms in total. The van der Waals surface area contributed by atoms with Gasteiger partial charge in [-0.1, -0.05) is 18.2 Å². The molecule has 3 rings (SSSR count). The number of nitrogen functional groups attached to an aromatic ring is 1. The number of aliphatic imine (C=N–C) groups is 1. The van der Waals surface area contributed by atoms with Crippen molar-refractivity contribution in [2.45, 2.75) is 6.04 Å². The van der Waals surface area contributed by atoms with E-state index < -0.39 is 11.6 Å². The highest BCUT2D eigenvalue weighted by atomic mass is 16.1. The normalized spacial score (nSPS) is 16.2. The molecule has 8 heteroatoms. The SMILES string of the molecule is Nc1nc2c(c(=O)[nH]1)N(C=O)[C@H](CNc1ccccc1)C=N2. The molecule has 4 N–H and O–H groups in total. The Labute approximate surface area is 125 Å². The number of benzene rings is 1. The highest BCUT2D eigenvalue weighted by molar-refractivity contribution is 5.93. The average Bonchev–Trinajstić information content (AvgIpc) is 2.53. The smallest absolute Gasteiger partial charge is 0.278 e. The van der Waals surface area contributed by atoms with Gasteiger partial charge in [0.05, 0.1) is 6.04 Å². The third kappa shape index (κ3) is 2.53. The van der Waals surface area contributed by atoms with Gasteiger partial charge in [-0.15, -0.1) is 0 Å². The van der Waals surface area contributed by atoms with E-state index in [1.54, 1.807) is 6.21 Å². The van der Waals surface area contributed by atoms with Gasteiger partial charge >= 0.3 is 0 Å². The Morgan fingerprint density at radius 3 is 2.86 bits per heavy atom. The van der Waals surface area contributed by atoms with Gasteiger partial charge in [0.15, 0.2) is 11.5 Å². The van der Waals surface area contributed by atoms with E-state index in [1.165, 1.54) is 4.90 Å². The molecule has 1 aliphatic rings. The van der Waals surface area contributed by atoms with Crippen LogP contribution >= 0.6 is 0 Å². The van der Waals surface area contributed by atoms with Gasteiger partial charge in [-0.3, -0.25) is 19.5 Å². The molecular weight excluding hydrogens is 284 g/mol. The van der Waals surface area contributed by atoms with Gasteiger partial charge in [-0.05, 0) is 12.1 Å². The molecule has 0 unspecified atom stereocenters. The molecule has 0 radical (unpaired) electrons. The number of aromatic nitrogens is 2. The Balaban J connectivity index is 1.86. The summed E-state index contributed by atoms with van der Waals surface area (Å²) in [5.74, 6) is 0.108. The number of anilines is 3. The molecule has 1 atom stereocenters. The fourth-order valence-corrected chi connectivity index (χ4v) is 2.25. The van der Waals surface area contributed by atoms with Crippen LogP contribution in [0.4, 0.5) is 23.1 Å². The number of amides is 1. The van der Waals surface area contributed by atoms with E-state index in [0.717, 1.165) is 5.69 Å². The van der Waals surface area contributed by atoms with Crippen molar-refractivity contribution in [2.24, 2.45) is 4.99 Å². The molecule has 1 aliphatic heterocycles. The lowest BCUT2D eigenvalue weighted by Crippen LogP contribution is -2.45. The second-order valence-corrected chi connectivity index (χ2v) is 4.73. The third-order valence-corrected chi connectivity index (χ3v) is 3.28. The second-order valence-electron chi connectivity index (χ2n) is 4.73. The minimum Gasteiger partial charge on any atom is -0.383 e. The van der Waals surface area contributed by atoms with Crippen LogP contribution < -0.4 is 21.5 Å². The maximum Gasteiger partial charge on any atom is 0.278 e. The molecule has 2 aromatic rings. The summed E-state index contributed by atoms with van der Waals surface area (Å²) in [5, 5.41) is 3.19. The summed E-state index contributed by atoms with van der Waals surface area (Å²) in [4.78, 5) is 35.1. The Bertz CT molecular complexity index is 771. The zero-order chi connectivity index (χ0) is 15.5. The van der Waals surface area contributed by atoms with Crippen molar-refractivity contribution >= 4 is 35.8 Å². The average molecular weight is 298 g/mol. The van der Waals surface area contributed by atoms with E-state index in [4.69, 9.17) is 5.73 Å². The van der Waals surface area contributed by atoms with Crippen LogP contribution in [0.2, 0.25) is 0 Å². The summed E-state index contributed by atoms with van der Waals surface area (Å²) >= 11 is 0. The van der Waals surface area contributed by atoms with E-state index in [9.17, 15) is 9.59 Å². The van der Waals surface area contributed by atoms with Crippen molar-refractivity contribution in [1.82, 2.24) is 9.97 Å². The molecule has 2 heterocycles. The van der Waals surface area contributed by atoms with Gasteiger partial charge in [0.25, 0.3) is 5.56 Å². The van der Waals surface area contributed by atoms with Crippen molar-refractivity contribution in [2.75, 3.05) is 22.5 Å². The molecule has 112 valence electrons. The number of H-pyrrole nitrogens is 1.